The number of hydrogen-bond acceptors (Lipinski definition) is 2. The molecule has 0 bridgehead atoms. The van der Waals surface area contributed by atoms with E-state index < -0.39 is 0 Å². The van der Waals surface area contributed by atoms with E-state index in [9.17, 15) is 4.79 Å². The molecule has 5 heteroatoms. The Morgan fingerprint density at radius 2 is 2.29 bits per heavy atom. The van der Waals surface area contributed by atoms with Crippen molar-refractivity contribution in [2.45, 2.75) is 25.4 Å². The molecule has 1 fully saturated rings. The van der Waals surface area contributed by atoms with Crippen molar-refractivity contribution in [1.29, 1.82) is 0 Å². The molecule has 1 heterocycles. The van der Waals surface area contributed by atoms with Gasteiger partial charge in [-0.05, 0) is 19.3 Å². The molecule has 0 radical (unpaired) electrons. The average Bonchev–Trinajstić information content (AvgIpc) is 2.25. The summed E-state index contributed by atoms with van der Waals surface area (Å²) in [4.78, 5) is 11.1. The van der Waals surface area contributed by atoms with Crippen molar-refractivity contribution in [3.8, 4) is 0 Å². The summed E-state index contributed by atoms with van der Waals surface area (Å²) in [6.07, 6.45) is 3.55. The Hall–Kier alpha value is -0.480. The number of carbonyl (C=O) groups is 1. The molecule has 0 unspecified atom stereocenters. The van der Waals surface area contributed by atoms with Gasteiger partial charge in [-0.1, -0.05) is 0 Å². The molecule has 0 saturated carbocycles. The fourth-order valence-electron chi connectivity index (χ4n) is 1.40. The van der Waals surface area contributed by atoms with Crippen molar-refractivity contribution in [3.63, 3.8) is 0 Å². The molecule has 0 aromatic rings. The van der Waals surface area contributed by atoms with Crippen molar-refractivity contribution < 1.29 is 9.53 Å². The number of hydrogen-bond donors (Lipinski definition) is 2. The summed E-state index contributed by atoms with van der Waals surface area (Å²) < 4.78 is 5.46. The van der Waals surface area contributed by atoms with Gasteiger partial charge in [0.15, 0.2) is 0 Å². The van der Waals surface area contributed by atoms with Crippen LogP contribution in [0.25, 0.3) is 0 Å². The molecule has 1 rings (SSSR count). The Balaban J connectivity index is 2.03. The number of amides is 2. The third kappa shape index (κ3) is 4.67. The lowest BCUT2D eigenvalue weighted by Crippen LogP contribution is -2.41. The molecule has 1 atom stereocenters. The first kappa shape index (κ1) is 11.6. The minimum atomic E-state index is -0.167. The number of rotatable bonds is 4. The number of nitrogens with one attached hydrogen (secondary N) is 2. The van der Waals surface area contributed by atoms with Crippen LogP contribution < -0.4 is 10.6 Å². The van der Waals surface area contributed by atoms with Crippen molar-refractivity contribution in [2.75, 3.05) is 25.6 Å². The highest BCUT2D eigenvalue weighted by molar-refractivity contribution is 6.18. The first-order chi connectivity index (χ1) is 6.83. The molecule has 0 aliphatic carbocycles. The quantitative estimate of drug-likeness (QED) is 0.697. The van der Waals surface area contributed by atoms with Gasteiger partial charge in [0.2, 0.25) is 0 Å². The van der Waals surface area contributed by atoms with E-state index in [0.717, 1.165) is 19.4 Å². The van der Waals surface area contributed by atoms with E-state index in [1.165, 1.54) is 6.42 Å². The molecule has 0 spiro atoms. The number of carbonyl (C=O) groups excluding carboxylic acids is 1. The zero-order valence-electron chi connectivity index (χ0n) is 8.22. The van der Waals surface area contributed by atoms with Crippen LogP contribution in [0.15, 0.2) is 0 Å². The standard InChI is InChI=1S/C9H17ClN2O2/c10-4-5-11-9(13)12-7-8-3-1-2-6-14-8/h8H,1-7H2,(H2,11,12,13)/t8-/m1/s1. The number of halogens is 1. The third-order valence-corrected chi connectivity index (χ3v) is 2.33. The van der Waals surface area contributed by atoms with Gasteiger partial charge in [-0.2, -0.15) is 0 Å². The van der Waals surface area contributed by atoms with Crippen LogP contribution in [0.5, 0.6) is 0 Å². The summed E-state index contributed by atoms with van der Waals surface area (Å²) in [6, 6.07) is -0.167. The second-order valence-electron chi connectivity index (χ2n) is 3.31. The topological polar surface area (TPSA) is 50.4 Å². The van der Waals surface area contributed by atoms with E-state index in [2.05, 4.69) is 10.6 Å². The summed E-state index contributed by atoms with van der Waals surface area (Å²) in [5.74, 6) is 0.438. The molecule has 2 N–H and O–H groups in total. The number of alkyl halides is 1. The van der Waals surface area contributed by atoms with Gasteiger partial charge in [0.25, 0.3) is 0 Å². The van der Waals surface area contributed by atoms with Crippen molar-refractivity contribution in [1.82, 2.24) is 10.6 Å². The van der Waals surface area contributed by atoms with Crippen LogP contribution in [0.4, 0.5) is 4.79 Å². The van der Waals surface area contributed by atoms with E-state index in [-0.39, 0.29) is 12.1 Å². The molecule has 0 aromatic heterocycles. The van der Waals surface area contributed by atoms with E-state index >= 15 is 0 Å². The lowest BCUT2D eigenvalue weighted by molar-refractivity contribution is 0.0185. The zero-order valence-corrected chi connectivity index (χ0v) is 8.98. The monoisotopic (exact) mass is 220 g/mol. The lowest BCUT2D eigenvalue weighted by Gasteiger charge is -2.22. The summed E-state index contributed by atoms with van der Waals surface area (Å²) in [6.45, 7) is 1.91. The fourth-order valence-corrected chi connectivity index (χ4v) is 1.49. The van der Waals surface area contributed by atoms with Gasteiger partial charge < -0.3 is 15.4 Å². The normalized spacial score (nSPS) is 21.6. The molecule has 0 aromatic carbocycles. The largest absolute Gasteiger partial charge is 0.376 e. The number of ether oxygens (including phenoxy) is 1. The minimum Gasteiger partial charge on any atom is -0.376 e. The highest BCUT2D eigenvalue weighted by Gasteiger charge is 2.14. The smallest absolute Gasteiger partial charge is 0.314 e. The summed E-state index contributed by atoms with van der Waals surface area (Å²) >= 11 is 5.43. The second-order valence-corrected chi connectivity index (χ2v) is 3.69. The summed E-state index contributed by atoms with van der Waals surface area (Å²) in [5, 5.41) is 5.39. The predicted molar refractivity (Wildman–Crippen MR) is 55.7 cm³/mol. The molecule has 1 aliphatic rings. The van der Waals surface area contributed by atoms with Crippen molar-refractivity contribution in [2.24, 2.45) is 0 Å². The van der Waals surface area contributed by atoms with Crippen LogP contribution in [0.2, 0.25) is 0 Å². The first-order valence-corrected chi connectivity index (χ1v) is 5.55. The number of urea groups is 1. The van der Waals surface area contributed by atoms with Gasteiger partial charge in [0.1, 0.15) is 0 Å². The van der Waals surface area contributed by atoms with E-state index in [0.29, 0.717) is 19.0 Å². The van der Waals surface area contributed by atoms with Gasteiger partial charge in [0.05, 0.1) is 6.10 Å². The Morgan fingerprint density at radius 3 is 2.93 bits per heavy atom. The maximum absolute atomic E-state index is 11.1. The maximum Gasteiger partial charge on any atom is 0.314 e. The molecule has 2 amide bonds. The molecular formula is C9H17ClN2O2. The Kier molecular flexibility index (Phi) is 5.71. The average molecular weight is 221 g/mol. The van der Waals surface area contributed by atoms with Gasteiger partial charge in [-0.3, -0.25) is 0 Å². The molecule has 14 heavy (non-hydrogen) atoms. The lowest BCUT2D eigenvalue weighted by atomic mass is 10.1. The SMILES string of the molecule is O=C(NCCCl)NC[C@H]1CCCCO1. The van der Waals surface area contributed by atoms with Crippen LogP contribution in [-0.4, -0.2) is 37.7 Å². The van der Waals surface area contributed by atoms with Gasteiger partial charge in [-0.15, -0.1) is 11.6 Å². The summed E-state index contributed by atoms with van der Waals surface area (Å²) in [7, 11) is 0. The van der Waals surface area contributed by atoms with Gasteiger partial charge in [0, 0.05) is 25.6 Å². The van der Waals surface area contributed by atoms with Crippen LogP contribution in [0.3, 0.4) is 0 Å². The first-order valence-electron chi connectivity index (χ1n) is 5.02. The van der Waals surface area contributed by atoms with Crippen molar-refractivity contribution in [3.05, 3.63) is 0 Å². The van der Waals surface area contributed by atoms with Crippen LogP contribution in [0.1, 0.15) is 19.3 Å². The summed E-state index contributed by atoms with van der Waals surface area (Å²) in [5.41, 5.74) is 0. The highest BCUT2D eigenvalue weighted by Crippen LogP contribution is 2.11. The van der Waals surface area contributed by atoms with E-state index in [1.807, 2.05) is 0 Å². The maximum atomic E-state index is 11.1. The second kappa shape index (κ2) is 6.90. The fraction of sp³-hybridized carbons (Fsp3) is 0.889. The molecule has 1 aliphatic heterocycles. The van der Waals surface area contributed by atoms with Crippen LogP contribution in [-0.2, 0) is 4.74 Å². The molecule has 1 saturated heterocycles. The van der Waals surface area contributed by atoms with Gasteiger partial charge in [-0.25, -0.2) is 4.79 Å². The Labute approximate surface area is 89.3 Å². The Morgan fingerprint density at radius 1 is 1.43 bits per heavy atom. The predicted octanol–water partition coefficient (Wildman–Crippen LogP) is 1.09. The molecule has 4 nitrogen and oxygen atoms in total. The Bertz CT molecular complexity index is 172. The third-order valence-electron chi connectivity index (χ3n) is 2.14. The van der Waals surface area contributed by atoms with Crippen molar-refractivity contribution >= 4 is 17.6 Å². The highest BCUT2D eigenvalue weighted by atomic mass is 35.5. The van der Waals surface area contributed by atoms with Crippen LogP contribution >= 0.6 is 11.6 Å². The molecular weight excluding hydrogens is 204 g/mol. The minimum absolute atomic E-state index is 0.167. The van der Waals surface area contributed by atoms with E-state index in [4.69, 9.17) is 16.3 Å². The van der Waals surface area contributed by atoms with Gasteiger partial charge >= 0.3 is 6.03 Å². The van der Waals surface area contributed by atoms with Crippen LogP contribution in [0, 0.1) is 0 Å². The zero-order chi connectivity index (χ0) is 10.2. The van der Waals surface area contributed by atoms with E-state index in [1.54, 1.807) is 0 Å². The molecule has 82 valence electrons.